The monoisotopic (exact) mass is 387 g/mol. The molecule has 0 saturated carbocycles. The minimum atomic E-state index is -3.61. The molecule has 0 fully saturated rings. The van der Waals surface area contributed by atoms with Gasteiger partial charge >= 0.3 is 0 Å². The van der Waals surface area contributed by atoms with Crippen LogP contribution in [-0.2, 0) is 10.0 Å². The molecule has 21 heavy (non-hydrogen) atoms. The Kier molecular flexibility index (Phi) is 5.09. The molecule has 0 aliphatic heterocycles. The van der Waals surface area contributed by atoms with Crippen molar-refractivity contribution in [3.8, 4) is 0 Å². The summed E-state index contributed by atoms with van der Waals surface area (Å²) >= 11 is 9.24. The Labute approximate surface area is 138 Å². The molecule has 0 aliphatic carbocycles. The quantitative estimate of drug-likeness (QED) is 0.841. The Morgan fingerprint density at radius 3 is 2.52 bits per heavy atom. The van der Waals surface area contributed by atoms with Gasteiger partial charge in [0.2, 0.25) is 10.0 Å². The Morgan fingerprint density at radius 2 is 1.90 bits per heavy atom. The van der Waals surface area contributed by atoms with Crippen molar-refractivity contribution in [1.82, 2.24) is 4.72 Å². The zero-order chi connectivity index (χ0) is 15.6. The van der Waals surface area contributed by atoms with Crippen LogP contribution in [0, 0.1) is 6.92 Å². The molecule has 6 heteroatoms. The zero-order valence-electron chi connectivity index (χ0n) is 11.6. The van der Waals surface area contributed by atoms with E-state index in [9.17, 15) is 8.42 Å². The van der Waals surface area contributed by atoms with Gasteiger partial charge in [-0.3, -0.25) is 0 Å². The summed E-state index contributed by atoms with van der Waals surface area (Å²) in [6.07, 6.45) is 0. The summed E-state index contributed by atoms with van der Waals surface area (Å²) in [4.78, 5) is 0.224. The van der Waals surface area contributed by atoms with Crippen molar-refractivity contribution in [3.63, 3.8) is 0 Å². The number of benzene rings is 2. The molecule has 2 aromatic rings. The first-order chi connectivity index (χ1) is 9.79. The van der Waals surface area contributed by atoms with E-state index in [-0.39, 0.29) is 10.9 Å². The SMILES string of the molecule is Cc1ccc(S(=O)(=O)NC(C)c2cccc(Cl)c2)c(Br)c1. The van der Waals surface area contributed by atoms with E-state index >= 15 is 0 Å². The van der Waals surface area contributed by atoms with Crippen LogP contribution in [0.3, 0.4) is 0 Å². The molecule has 1 unspecified atom stereocenters. The predicted molar refractivity (Wildman–Crippen MR) is 89.1 cm³/mol. The highest BCUT2D eigenvalue weighted by atomic mass is 79.9. The summed E-state index contributed by atoms with van der Waals surface area (Å²) in [6, 6.07) is 11.9. The number of hydrogen-bond acceptors (Lipinski definition) is 2. The van der Waals surface area contributed by atoms with E-state index in [1.54, 1.807) is 43.3 Å². The van der Waals surface area contributed by atoms with Crippen molar-refractivity contribution in [1.29, 1.82) is 0 Å². The molecular formula is C15H15BrClNO2S. The van der Waals surface area contributed by atoms with Gasteiger partial charge in [0.15, 0.2) is 0 Å². The van der Waals surface area contributed by atoms with E-state index in [0.29, 0.717) is 9.50 Å². The summed E-state index contributed by atoms with van der Waals surface area (Å²) in [6.45, 7) is 3.69. The standard InChI is InChI=1S/C15H15BrClNO2S/c1-10-6-7-15(14(16)8-10)21(19,20)18-11(2)12-4-3-5-13(17)9-12/h3-9,11,18H,1-2H3. The molecule has 112 valence electrons. The van der Waals surface area contributed by atoms with E-state index in [1.807, 2.05) is 13.0 Å². The van der Waals surface area contributed by atoms with Crippen LogP contribution in [0.5, 0.6) is 0 Å². The molecule has 0 saturated heterocycles. The van der Waals surface area contributed by atoms with Crippen molar-refractivity contribution in [3.05, 3.63) is 63.1 Å². The molecule has 0 amide bonds. The van der Waals surface area contributed by atoms with E-state index in [4.69, 9.17) is 11.6 Å². The number of halogens is 2. The van der Waals surface area contributed by atoms with Crippen molar-refractivity contribution < 1.29 is 8.42 Å². The summed E-state index contributed by atoms with van der Waals surface area (Å²) in [5, 5.41) is 0.579. The maximum atomic E-state index is 12.5. The van der Waals surface area contributed by atoms with E-state index < -0.39 is 10.0 Å². The lowest BCUT2D eigenvalue weighted by atomic mass is 10.1. The molecule has 2 rings (SSSR count). The first-order valence-electron chi connectivity index (χ1n) is 6.33. The number of rotatable bonds is 4. The fraction of sp³-hybridized carbons (Fsp3) is 0.200. The fourth-order valence-corrected chi connectivity index (χ4v) is 4.59. The third-order valence-corrected chi connectivity index (χ3v) is 5.81. The minimum Gasteiger partial charge on any atom is -0.207 e. The summed E-state index contributed by atoms with van der Waals surface area (Å²) < 4.78 is 28.1. The highest BCUT2D eigenvalue weighted by molar-refractivity contribution is 9.10. The van der Waals surface area contributed by atoms with Gasteiger partial charge in [0.1, 0.15) is 0 Å². The van der Waals surface area contributed by atoms with Gasteiger partial charge in [-0.1, -0.05) is 29.8 Å². The lowest BCUT2D eigenvalue weighted by molar-refractivity contribution is 0.566. The van der Waals surface area contributed by atoms with E-state index in [2.05, 4.69) is 20.7 Å². The van der Waals surface area contributed by atoms with Crippen molar-refractivity contribution in [2.75, 3.05) is 0 Å². The molecule has 0 bridgehead atoms. The highest BCUT2D eigenvalue weighted by Crippen LogP contribution is 2.25. The lowest BCUT2D eigenvalue weighted by Crippen LogP contribution is -2.27. The van der Waals surface area contributed by atoms with Gasteiger partial charge in [0, 0.05) is 15.5 Å². The second-order valence-electron chi connectivity index (χ2n) is 4.83. The third kappa shape index (κ3) is 4.07. The summed E-state index contributed by atoms with van der Waals surface area (Å²) in [7, 11) is -3.61. The Bertz CT molecular complexity index is 762. The smallest absolute Gasteiger partial charge is 0.207 e. The molecule has 3 nitrogen and oxygen atoms in total. The highest BCUT2D eigenvalue weighted by Gasteiger charge is 2.21. The van der Waals surface area contributed by atoms with Crippen LogP contribution in [0.25, 0.3) is 0 Å². The van der Waals surface area contributed by atoms with Gasteiger partial charge in [-0.15, -0.1) is 0 Å². The molecule has 2 aromatic carbocycles. The Hall–Kier alpha value is -0.880. The van der Waals surface area contributed by atoms with Gasteiger partial charge in [0.05, 0.1) is 4.90 Å². The van der Waals surface area contributed by atoms with Crippen LogP contribution < -0.4 is 4.72 Å². The minimum absolute atomic E-state index is 0.224. The predicted octanol–water partition coefficient (Wildman–Crippen LogP) is 4.45. The van der Waals surface area contributed by atoms with Crippen molar-refractivity contribution >= 4 is 37.6 Å². The molecule has 0 radical (unpaired) electrons. The molecular weight excluding hydrogens is 374 g/mol. The van der Waals surface area contributed by atoms with Gasteiger partial charge < -0.3 is 0 Å². The zero-order valence-corrected chi connectivity index (χ0v) is 14.8. The van der Waals surface area contributed by atoms with Crippen LogP contribution in [0.15, 0.2) is 51.8 Å². The first kappa shape index (κ1) is 16.5. The molecule has 0 aromatic heterocycles. The summed E-state index contributed by atoms with van der Waals surface area (Å²) in [5.74, 6) is 0. The third-order valence-electron chi connectivity index (χ3n) is 3.06. The van der Waals surface area contributed by atoms with Crippen molar-refractivity contribution in [2.24, 2.45) is 0 Å². The molecule has 1 N–H and O–H groups in total. The van der Waals surface area contributed by atoms with Crippen LogP contribution in [-0.4, -0.2) is 8.42 Å². The average molecular weight is 389 g/mol. The Morgan fingerprint density at radius 1 is 1.19 bits per heavy atom. The van der Waals surface area contributed by atoms with Gasteiger partial charge in [-0.2, -0.15) is 0 Å². The maximum absolute atomic E-state index is 12.5. The largest absolute Gasteiger partial charge is 0.242 e. The van der Waals surface area contributed by atoms with E-state index in [1.165, 1.54) is 0 Å². The second-order valence-corrected chi connectivity index (χ2v) is 7.81. The second kappa shape index (κ2) is 6.48. The topological polar surface area (TPSA) is 46.2 Å². The fourth-order valence-electron chi connectivity index (χ4n) is 1.96. The van der Waals surface area contributed by atoms with Crippen molar-refractivity contribution in [2.45, 2.75) is 24.8 Å². The first-order valence-corrected chi connectivity index (χ1v) is 8.99. The lowest BCUT2D eigenvalue weighted by Gasteiger charge is -2.16. The normalized spacial score (nSPS) is 13.1. The maximum Gasteiger partial charge on any atom is 0.242 e. The molecule has 0 heterocycles. The number of hydrogen-bond donors (Lipinski definition) is 1. The number of sulfonamides is 1. The molecule has 1 atom stereocenters. The van der Waals surface area contributed by atoms with Gasteiger partial charge in [0.25, 0.3) is 0 Å². The Balaban J connectivity index is 2.29. The van der Waals surface area contributed by atoms with Crippen LogP contribution in [0.2, 0.25) is 5.02 Å². The number of nitrogens with one attached hydrogen (secondary N) is 1. The van der Waals surface area contributed by atoms with Gasteiger partial charge in [-0.25, -0.2) is 13.1 Å². The molecule has 0 aliphatic rings. The van der Waals surface area contributed by atoms with Crippen LogP contribution in [0.4, 0.5) is 0 Å². The van der Waals surface area contributed by atoms with Crippen LogP contribution >= 0.6 is 27.5 Å². The van der Waals surface area contributed by atoms with E-state index in [0.717, 1.165) is 11.1 Å². The van der Waals surface area contributed by atoms with Crippen LogP contribution in [0.1, 0.15) is 24.1 Å². The summed E-state index contributed by atoms with van der Waals surface area (Å²) in [5.41, 5.74) is 1.80. The average Bonchev–Trinajstić information content (AvgIpc) is 2.37. The number of aryl methyl sites for hydroxylation is 1. The van der Waals surface area contributed by atoms with Gasteiger partial charge in [-0.05, 0) is 65.2 Å². The molecule has 0 spiro atoms.